The second kappa shape index (κ2) is 4.79. The third kappa shape index (κ3) is 2.43. The second-order valence-corrected chi connectivity index (χ2v) is 5.51. The molecule has 90 valence electrons. The average Bonchev–Trinajstić information content (AvgIpc) is 2.85. The van der Waals surface area contributed by atoms with Crippen molar-refractivity contribution < 1.29 is 4.74 Å². The molecule has 0 amide bonds. The maximum absolute atomic E-state index is 5.81. The molecule has 1 saturated heterocycles. The molecular formula is C11H19N3OS. The first-order chi connectivity index (χ1) is 7.64. The minimum atomic E-state index is -0.145. The molecule has 1 aliphatic heterocycles. The molecule has 2 rings (SSSR count). The Morgan fingerprint density at radius 2 is 2.56 bits per heavy atom. The first-order valence-electron chi connectivity index (χ1n) is 5.65. The lowest BCUT2D eigenvalue weighted by atomic mass is 9.91. The largest absolute Gasteiger partial charge is 0.374 e. The van der Waals surface area contributed by atoms with Crippen LogP contribution in [0, 0.1) is 6.92 Å². The number of ether oxygens (including phenoxy) is 1. The molecule has 1 aromatic rings. The van der Waals surface area contributed by atoms with Gasteiger partial charge >= 0.3 is 0 Å². The fraction of sp³-hybridized carbons (Fsp3) is 0.727. The van der Waals surface area contributed by atoms with Gasteiger partial charge < -0.3 is 4.74 Å². The van der Waals surface area contributed by atoms with Gasteiger partial charge in [0.05, 0.1) is 16.7 Å². The maximum atomic E-state index is 5.81. The van der Waals surface area contributed by atoms with Crippen LogP contribution in [0.3, 0.4) is 0 Å². The van der Waals surface area contributed by atoms with Crippen molar-refractivity contribution in [3.8, 4) is 0 Å². The van der Waals surface area contributed by atoms with Gasteiger partial charge in [-0.3, -0.25) is 11.3 Å². The van der Waals surface area contributed by atoms with Gasteiger partial charge in [0.1, 0.15) is 0 Å². The molecule has 16 heavy (non-hydrogen) atoms. The molecule has 1 aliphatic rings. The summed E-state index contributed by atoms with van der Waals surface area (Å²) in [4.78, 5) is 4.47. The molecular weight excluding hydrogens is 222 g/mol. The van der Waals surface area contributed by atoms with Crippen molar-refractivity contribution >= 4 is 11.3 Å². The normalized spacial score (nSPS) is 27.2. The Bertz CT molecular complexity index is 347. The molecule has 1 aromatic heterocycles. The average molecular weight is 241 g/mol. The molecule has 5 heteroatoms. The Morgan fingerprint density at radius 3 is 3.06 bits per heavy atom. The highest BCUT2D eigenvalue weighted by atomic mass is 32.1. The summed E-state index contributed by atoms with van der Waals surface area (Å²) < 4.78 is 5.81. The lowest BCUT2D eigenvalue weighted by molar-refractivity contribution is -0.0115. The molecule has 2 heterocycles. The monoisotopic (exact) mass is 241 g/mol. The van der Waals surface area contributed by atoms with Crippen LogP contribution in [-0.4, -0.2) is 23.2 Å². The van der Waals surface area contributed by atoms with Gasteiger partial charge in [0.25, 0.3) is 0 Å². The summed E-state index contributed by atoms with van der Waals surface area (Å²) in [7, 11) is 0. The van der Waals surface area contributed by atoms with E-state index in [1.54, 1.807) is 11.3 Å². The van der Waals surface area contributed by atoms with E-state index in [4.69, 9.17) is 10.6 Å². The van der Waals surface area contributed by atoms with E-state index in [0.29, 0.717) is 0 Å². The first kappa shape index (κ1) is 12.0. The Labute approximate surface area is 100 Å². The van der Waals surface area contributed by atoms with Gasteiger partial charge in [-0.05, 0) is 26.7 Å². The van der Waals surface area contributed by atoms with Crippen LogP contribution in [-0.2, 0) is 11.2 Å². The zero-order chi connectivity index (χ0) is 11.6. The highest BCUT2D eigenvalue weighted by molar-refractivity contribution is 7.09. The van der Waals surface area contributed by atoms with Crippen molar-refractivity contribution in [1.29, 1.82) is 0 Å². The van der Waals surface area contributed by atoms with Crippen LogP contribution in [0.5, 0.6) is 0 Å². The fourth-order valence-corrected chi connectivity index (χ4v) is 3.02. The predicted molar refractivity (Wildman–Crippen MR) is 65.3 cm³/mol. The van der Waals surface area contributed by atoms with Crippen LogP contribution >= 0.6 is 11.3 Å². The molecule has 2 unspecified atom stereocenters. The van der Waals surface area contributed by atoms with Crippen LogP contribution in [0.15, 0.2) is 5.38 Å². The van der Waals surface area contributed by atoms with Crippen molar-refractivity contribution in [2.24, 2.45) is 5.84 Å². The summed E-state index contributed by atoms with van der Waals surface area (Å²) in [6.07, 6.45) is 3.02. The van der Waals surface area contributed by atoms with E-state index in [2.05, 4.69) is 22.7 Å². The van der Waals surface area contributed by atoms with Crippen LogP contribution < -0.4 is 11.3 Å². The van der Waals surface area contributed by atoms with Gasteiger partial charge in [0, 0.05) is 24.1 Å². The second-order valence-electron chi connectivity index (χ2n) is 4.57. The van der Waals surface area contributed by atoms with Gasteiger partial charge in [-0.15, -0.1) is 11.3 Å². The summed E-state index contributed by atoms with van der Waals surface area (Å²) in [5.41, 5.74) is 3.82. The van der Waals surface area contributed by atoms with E-state index in [-0.39, 0.29) is 11.6 Å². The van der Waals surface area contributed by atoms with Crippen LogP contribution in [0.2, 0.25) is 0 Å². The highest BCUT2D eigenvalue weighted by Gasteiger charge is 2.38. The van der Waals surface area contributed by atoms with E-state index in [9.17, 15) is 0 Å². The molecule has 2 atom stereocenters. The van der Waals surface area contributed by atoms with Gasteiger partial charge in [0.15, 0.2) is 0 Å². The molecule has 3 N–H and O–H groups in total. The topological polar surface area (TPSA) is 60.2 Å². The smallest absolute Gasteiger partial charge is 0.0945 e. The number of nitrogens with two attached hydrogens (primary N) is 1. The Kier molecular flexibility index (Phi) is 3.59. The fourth-order valence-electron chi connectivity index (χ4n) is 2.20. The SMILES string of the molecule is Cc1csc(CC(NN)C2(C)CCCO2)n1. The number of thiazole rings is 1. The number of hydrogen-bond donors (Lipinski definition) is 2. The molecule has 0 saturated carbocycles. The van der Waals surface area contributed by atoms with Crippen LogP contribution in [0.25, 0.3) is 0 Å². The zero-order valence-corrected chi connectivity index (χ0v) is 10.6. The molecule has 0 radical (unpaired) electrons. The van der Waals surface area contributed by atoms with Gasteiger partial charge in [-0.25, -0.2) is 4.98 Å². The van der Waals surface area contributed by atoms with Crippen molar-refractivity contribution in [1.82, 2.24) is 10.4 Å². The van der Waals surface area contributed by atoms with Crippen LogP contribution in [0.1, 0.15) is 30.5 Å². The summed E-state index contributed by atoms with van der Waals surface area (Å²) in [5.74, 6) is 5.64. The number of rotatable bonds is 4. The number of hydrogen-bond acceptors (Lipinski definition) is 5. The summed E-state index contributed by atoms with van der Waals surface area (Å²) in [6, 6.07) is 0.139. The quantitative estimate of drug-likeness (QED) is 0.618. The van der Waals surface area contributed by atoms with E-state index >= 15 is 0 Å². The first-order valence-corrected chi connectivity index (χ1v) is 6.53. The van der Waals surface area contributed by atoms with E-state index in [1.165, 1.54) is 0 Å². The van der Waals surface area contributed by atoms with E-state index in [1.807, 2.05) is 6.92 Å². The van der Waals surface area contributed by atoms with Crippen molar-refractivity contribution in [3.63, 3.8) is 0 Å². The van der Waals surface area contributed by atoms with Gasteiger partial charge in [0.2, 0.25) is 0 Å². The lowest BCUT2D eigenvalue weighted by Gasteiger charge is -2.32. The molecule has 1 fully saturated rings. The van der Waals surface area contributed by atoms with Crippen LogP contribution in [0.4, 0.5) is 0 Å². The van der Waals surface area contributed by atoms with Gasteiger partial charge in [-0.2, -0.15) is 0 Å². The highest BCUT2D eigenvalue weighted by Crippen LogP contribution is 2.30. The summed E-state index contributed by atoms with van der Waals surface area (Å²) in [5, 5.41) is 3.19. The molecule has 4 nitrogen and oxygen atoms in total. The minimum absolute atomic E-state index is 0.139. The zero-order valence-electron chi connectivity index (χ0n) is 9.82. The Hall–Kier alpha value is -0.490. The molecule has 0 aromatic carbocycles. The Balaban J connectivity index is 2.05. The number of aromatic nitrogens is 1. The Morgan fingerprint density at radius 1 is 1.75 bits per heavy atom. The van der Waals surface area contributed by atoms with E-state index < -0.39 is 0 Å². The lowest BCUT2D eigenvalue weighted by Crippen LogP contribution is -2.52. The molecule has 0 spiro atoms. The summed E-state index contributed by atoms with van der Waals surface area (Å²) >= 11 is 1.69. The predicted octanol–water partition coefficient (Wildman–Crippen LogP) is 1.40. The van der Waals surface area contributed by atoms with Gasteiger partial charge in [-0.1, -0.05) is 0 Å². The van der Waals surface area contributed by atoms with Crippen molar-refractivity contribution in [2.45, 2.75) is 44.8 Å². The molecule has 0 bridgehead atoms. The number of hydrazine groups is 1. The number of aryl methyl sites for hydroxylation is 1. The van der Waals surface area contributed by atoms with Crippen molar-refractivity contribution in [3.05, 3.63) is 16.1 Å². The minimum Gasteiger partial charge on any atom is -0.374 e. The third-order valence-corrected chi connectivity index (χ3v) is 4.22. The molecule has 0 aliphatic carbocycles. The summed E-state index contributed by atoms with van der Waals surface area (Å²) in [6.45, 7) is 4.98. The standard InChI is InChI=1S/C11H19N3OS/c1-8-7-16-10(13-8)6-9(14-12)11(2)4-3-5-15-11/h7,9,14H,3-6,12H2,1-2H3. The third-order valence-electron chi connectivity index (χ3n) is 3.23. The number of nitrogens with zero attached hydrogens (tertiary/aromatic N) is 1. The number of nitrogens with one attached hydrogen (secondary N) is 1. The van der Waals surface area contributed by atoms with E-state index in [0.717, 1.165) is 36.6 Å². The van der Waals surface area contributed by atoms with Crippen molar-refractivity contribution in [2.75, 3.05) is 6.61 Å². The maximum Gasteiger partial charge on any atom is 0.0945 e.